The summed E-state index contributed by atoms with van der Waals surface area (Å²) < 4.78 is 11.0. The second-order valence-electron chi connectivity index (χ2n) is 5.28. The molecular formula is C18H22O3S. The van der Waals surface area contributed by atoms with Gasteiger partial charge in [0.2, 0.25) is 0 Å². The lowest BCUT2D eigenvalue weighted by Gasteiger charge is -2.13. The number of carbonyl (C=O) groups excluding carboxylic acids is 1. The zero-order chi connectivity index (χ0) is 15.9. The number of furan rings is 1. The average molecular weight is 318 g/mol. The summed E-state index contributed by atoms with van der Waals surface area (Å²) in [6.07, 6.45) is 2.57. The Morgan fingerprint density at radius 2 is 2.05 bits per heavy atom. The Hall–Kier alpha value is -1.68. The van der Waals surface area contributed by atoms with Gasteiger partial charge in [-0.3, -0.25) is 4.79 Å². The Bertz CT molecular complexity index is 618. The highest BCUT2D eigenvalue weighted by atomic mass is 32.2. The highest BCUT2D eigenvalue weighted by Crippen LogP contribution is 2.26. The fraction of sp³-hybridized carbons (Fsp3) is 0.389. The maximum absolute atomic E-state index is 12.5. The molecule has 1 heterocycles. The van der Waals surface area contributed by atoms with Crippen LogP contribution in [0.15, 0.2) is 34.9 Å². The van der Waals surface area contributed by atoms with E-state index >= 15 is 0 Å². The van der Waals surface area contributed by atoms with Crippen LogP contribution in [0.25, 0.3) is 0 Å². The molecule has 0 unspecified atom stereocenters. The van der Waals surface area contributed by atoms with Gasteiger partial charge in [0.15, 0.2) is 5.78 Å². The molecule has 1 aromatic heterocycles. The average Bonchev–Trinajstić information content (AvgIpc) is 3.01. The van der Waals surface area contributed by atoms with Crippen LogP contribution in [0.2, 0.25) is 0 Å². The number of hydrogen-bond acceptors (Lipinski definition) is 4. The van der Waals surface area contributed by atoms with Crippen LogP contribution in [0, 0.1) is 13.8 Å². The predicted molar refractivity (Wildman–Crippen MR) is 90.9 cm³/mol. The van der Waals surface area contributed by atoms with Gasteiger partial charge in [0.25, 0.3) is 0 Å². The zero-order valence-electron chi connectivity index (χ0n) is 13.3. The summed E-state index contributed by atoms with van der Waals surface area (Å²) in [5.74, 6) is 2.82. The normalized spacial score (nSPS) is 10.7. The summed E-state index contributed by atoms with van der Waals surface area (Å²) in [4.78, 5) is 12.5. The Balaban J connectivity index is 2.04. The van der Waals surface area contributed by atoms with Crippen molar-refractivity contribution in [2.24, 2.45) is 0 Å². The minimum absolute atomic E-state index is 0.103. The first-order chi connectivity index (χ1) is 10.6. The van der Waals surface area contributed by atoms with E-state index in [-0.39, 0.29) is 5.78 Å². The topological polar surface area (TPSA) is 39.4 Å². The third-order valence-electron chi connectivity index (χ3n) is 3.42. The molecule has 0 N–H and O–H groups in total. The Labute approximate surface area is 136 Å². The molecule has 0 aliphatic carbocycles. The highest BCUT2D eigenvalue weighted by molar-refractivity contribution is 7.99. The Kier molecular flexibility index (Phi) is 6.13. The highest BCUT2D eigenvalue weighted by Gasteiger charge is 2.15. The summed E-state index contributed by atoms with van der Waals surface area (Å²) in [6, 6.07) is 7.69. The number of rotatable bonds is 8. The van der Waals surface area contributed by atoms with Crippen LogP contribution in [0.3, 0.4) is 0 Å². The zero-order valence-corrected chi connectivity index (χ0v) is 14.2. The van der Waals surface area contributed by atoms with Crippen molar-refractivity contribution in [2.75, 3.05) is 12.4 Å². The second kappa shape index (κ2) is 8.08. The standard InChI is InChI=1S/C18H22O3S/c1-4-7-21-18-10-14(3)13(2)9-16(18)17(19)12-22-11-15-6-5-8-20-15/h5-6,8-10H,4,7,11-12H2,1-3H3. The van der Waals surface area contributed by atoms with Crippen LogP contribution in [0.5, 0.6) is 5.75 Å². The van der Waals surface area contributed by atoms with E-state index in [1.165, 1.54) is 0 Å². The monoisotopic (exact) mass is 318 g/mol. The van der Waals surface area contributed by atoms with Crippen LogP contribution in [0.1, 0.15) is 40.6 Å². The molecule has 0 aliphatic heterocycles. The van der Waals surface area contributed by atoms with Crippen LogP contribution in [0.4, 0.5) is 0 Å². The molecule has 0 saturated heterocycles. The molecule has 22 heavy (non-hydrogen) atoms. The molecule has 118 valence electrons. The third-order valence-corrected chi connectivity index (χ3v) is 4.37. The molecule has 0 radical (unpaired) electrons. The van der Waals surface area contributed by atoms with Gasteiger partial charge < -0.3 is 9.15 Å². The van der Waals surface area contributed by atoms with Crippen molar-refractivity contribution < 1.29 is 13.9 Å². The number of ketones is 1. The molecule has 1 aromatic carbocycles. The lowest BCUT2D eigenvalue weighted by molar-refractivity contribution is 0.101. The van der Waals surface area contributed by atoms with Crippen molar-refractivity contribution in [3.8, 4) is 5.75 Å². The summed E-state index contributed by atoms with van der Waals surface area (Å²) >= 11 is 1.56. The van der Waals surface area contributed by atoms with Gasteiger partial charge in [0.05, 0.1) is 29.9 Å². The summed E-state index contributed by atoms with van der Waals surface area (Å²) in [6.45, 7) is 6.74. The van der Waals surface area contributed by atoms with Crippen molar-refractivity contribution in [3.63, 3.8) is 0 Å². The van der Waals surface area contributed by atoms with Crippen molar-refractivity contribution in [1.29, 1.82) is 0 Å². The molecule has 0 spiro atoms. The first kappa shape index (κ1) is 16.7. The van der Waals surface area contributed by atoms with Gasteiger partial charge in [-0.2, -0.15) is 0 Å². The van der Waals surface area contributed by atoms with E-state index in [1.54, 1.807) is 18.0 Å². The second-order valence-corrected chi connectivity index (χ2v) is 6.26. The minimum Gasteiger partial charge on any atom is -0.493 e. The van der Waals surface area contributed by atoms with Crippen molar-refractivity contribution in [2.45, 2.75) is 32.9 Å². The molecule has 4 heteroatoms. The Morgan fingerprint density at radius 1 is 1.27 bits per heavy atom. The number of carbonyl (C=O) groups is 1. The van der Waals surface area contributed by atoms with Crippen LogP contribution < -0.4 is 4.74 Å². The number of Topliss-reactive ketones (excluding diaryl/α,β-unsaturated/α-hetero) is 1. The number of aryl methyl sites for hydroxylation is 2. The number of hydrogen-bond donors (Lipinski definition) is 0. The van der Waals surface area contributed by atoms with Crippen LogP contribution in [-0.4, -0.2) is 18.1 Å². The van der Waals surface area contributed by atoms with Gasteiger partial charge in [0.1, 0.15) is 11.5 Å². The van der Waals surface area contributed by atoms with E-state index in [4.69, 9.17) is 9.15 Å². The fourth-order valence-corrected chi connectivity index (χ4v) is 2.86. The first-order valence-corrected chi connectivity index (χ1v) is 8.64. The van der Waals surface area contributed by atoms with E-state index < -0.39 is 0 Å². The molecular weight excluding hydrogens is 296 g/mol. The third kappa shape index (κ3) is 4.41. The maximum Gasteiger partial charge on any atom is 0.176 e. The largest absolute Gasteiger partial charge is 0.493 e. The molecule has 2 rings (SSSR count). The first-order valence-electron chi connectivity index (χ1n) is 7.49. The van der Waals surface area contributed by atoms with Crippen molar-refractivity contribution in [1.82, 2.24) is 0 Å². The molecule has 0 bridgehead atoms. The van der Waals surface area contributed by atoms with Gasteiger partial charge in [-0.25, -0.2) is 0 Å². The van der Waals surface area contributed by atoms with Gasteiger partial charge in [-0.15, -0.1) is 11.8 Å². The number of thioether (sulfide) groups is 1. The summed E-state index contributed by atoms with van der Waals surface area (Å²) in [7, 11) is 0. The summed E-state index contributed by atoms with van der Waals surface area (Å²) in [5.41, 5.74) is 2.94. The molecule has 0 atom stereocenters. The lowest BCUT2D eigenvalue weighted by Crippen LogP contribution is -2.08. The molecule has 0 saturated carbocycles. The smallest absolute Gasteiger partial charge is 0.176 e. The van der Waals surface area contributed by atoms with Crippen molar-refractivity contribution >= 4 is 17.5 Å². The quantitative estimate of drug-likeness (QED) is 0.655. The lowest BCUT2D eigenvalue weighted by atomic mass is 10.0. The predicted octanol–water partition coefficient (Wildman–Crippen LogP) is 4.80. The Morgan fingerprint density at radius 3 is 2.73 bits per heavy atom. The van der Waals surface area contributed by atoms with E-state index in [2.05, 4.69) is 6.92 Å². The number of ether oxygens (including phenoxy) is 1. The molecule has 0 aliphatic rings. The molecule has 0 fully saturated rings. The van der Waals surface area contributed by atoms with Crippen molar-refractivity contribution in [3.05, 3.63) is 53.0 Å². The minimum atomic E-state index is 0.103. The van der Waals surface area contributed by atoms with E-state index in [0.29, 0.717) is 29.4 Å². The fourth-order valence-electron chi connectivity index (χ4n) is 2.06. The SMILES string of the molecule is CCCOc1cc(C)c(C)cc1C(=O)CSCc1ccco1. The van der Waals surface area contributed by atoms with E-state index in [0.717, 1.165) is 23.3 Å². The van der Waals surface area contributed by atoms with Gasteiger partial charge in [-0.1, -0.05) is 6.92 Å². The van der Waals surface area contributed by atoms with Crippen LogP contribution in [-0.2, 0) is 5.75 Å². The van der Waals surface area contributed by atoms with Crippen LogP contribution >= 0.6 is 11.8 Å². The number of benzene rings is 1. The molecule has 0 amide bonds. The van der Waals surface area contributed by atoms with Gasteiger partial charge in [-0.05, 0) is 55.7 Å². The molecule has 3 nitrogen and oxygen atoms in total. The van der Waals surface area contributed by atoms with E-state index in [1.807, 2.05) is 38.1 Å². The molecule has 2 aromatic rings. The van der Waals surface area contributed by atoms with Gasteiger partial charge >= 0.3 is 0 Å². The van der Waals surface area contributed by atoms with E-state index in [9.17, 15) is 4.79 Å². The summed E-state index contributed by atoms with van der Waals surface area (Å²) in [5, 5.41) is 0. The maximum atomic E-state index is 12.5. The van der Waals surface area contributed by atoms with Gasteiger partial charge in [0, 0.05) is 0 Å².